The number of fused-ring (bicyclic) bond motifs is 1. The summed E-state index contributed by atoms with van der Waals surface area (Å²) in [7, 11) is 0. The lowest BCUT2D eigenvalue weighted by atomic mass is 10.1. The van der Waals surface area contributed by atoms with Crippen molar-refractivity contribution in [2.45, 2.75) is 12.5 Å². The zero-order chi connectivity index (χ0) is 11.7. The van der Waals surface area contributed by atoms with Crippen molar-refractivity contribution in [2.24, 2.45) is 5.73 Å². The van der Waals surface area contributed by atoms with Crippen LogP contribution in [-0.2, 0) is 11.2 Å². The normalized spacial score (nSPS) is 12.9. The largest absolute Gasteiger partial charge is 0.361 e. The van der Waals surface area contributed by atoms with Crippen molar-refractivity contribution in [3.8, 4) is 0 Å². The Morgan fingerprint density at radius 3 is 2.88 bits per heavy atom. The molecule has 0 aliphatic rings. The highest BCUT2D eigenvalue weighted by Gasteiger charge is 2.13. The van der Waals surface area contributed by atoms with Gasteiger partial charge in [0.05, 0.1) is 16.1 Å². The molecule has 3 N–H and O–H groups in total. The van der Waals surface area contributed by atoms with E-state index in [4.69, 9.17) is 28.9 Å². The molecule has 0 unspecified atom stereocenters. The molecule has 0 bridgehead atoms. The monoisotopic (exact) mass is 255 g/mol. The van der Waals surface area contributed by atoms with Crippen LogP contribution < -0.4 is 5.73 Å². The number of nitrogens with one attached hydrogen (secondary N) is 1. The summed E-state index contributed by atoms with van der Waals surface area (Å²) < 4.78 is 0. The van der Waals surface area contributed by atoms with Crippen molar-refractivity contribution in [1.82, 2.24) is 4.98 Å². The number of carbonyl (C=O) groups excluding carboxylic acids is 1. The number of halogens is 2. The van der Waals surface area contributed by atoms with Crippen LogP contribution >= 0.6 is 23.2 Å². The lowest BCUT2D eigenvalue weighted by molar-refractivity contribution is 0.541. The quantitative estimate of drug-likeness (QED) is 0.886. The average molecular weight is 256 g/mol. The van der Waals surface area contributed by atoms with Gasteiger partial charge in [0.15, 0.2) is 0 Å². The molecular formula is C11H9Cl2N2O. The van der Waals surface area contributed by atoms with Crippen LogP contribution in [0.2, 0.25) is 10.0 Å². The minimum atomic E-state index is -0.644. The lowest BCUT2D eigenvalue weighted by Gasteiger charge is -2.03. The van der Waals surface area contributed by atoms with Gasteiger partial charge in [-0.2, -0.15) is 0 Å². The van der Waals surface area contributed by atoms with Crippen molar-refractivity contribution >= 4 is 40.4 Å². The molecule has 83 valence electrons. The molecule has 2 rings (SSSR count). The van der Waals surface area contributed by atoms with Crippen molar-refractivity contribution in [2.75, 3.05) is 0 Å². The van der Waals surface area contributed by atoms with E-state index in [0.29, 0.717) is 16.5 Å². The van der Waals surface area contributed by atoms with Gasteiger partial charge in [-0.25, -0.2) is 0 Å². The second kappa shape index (κ2) is 4.45. The van der Waals surface area contributed by atoms with Crippen LogP contribution in [0, 0.1) is 0 Å². The minimum Gasteiger partial charge on any atom is -0.361 e. The summed E-state index contributed by atoms with van der Waals surface area (Å²) in [4.78, 5) is 13.5. The first-order valence-electron chi connectivity index (χ1n) is 4.70. The molecular weight excluding hydrogens is 247 g/mol. The first-order chi connectivity index (χ1) is 7.63. The molecule has 0 saturated heterocycles. The van der Waals surface area contributed by atoms with E-state index in [1.165, 1.54) is 0 Å². The Balaban J connectivity index is 2.54. The highest BCUT2D eigenvalue weighted by atomic mass is 35.5. The van der Waals surface area contributed by atoms with Crippen molar-refractivity contribution < 1.29 is 4.79 Å². The van der Waals surface area contributed by atoms with Crippen molar-refractivity contribution in [1.29, 1.82) is 0 Å². The van der Waals surface area contributed by atoms with Gasteiger partial charge in [-0.15, -0.1) is 0 Å². The molecule has 1 radical (unpaired) electrons. The maximum atomic E-state index is 10.4. The van der Waals surface area contributed by atoms with Crippen LogP contribution in [0.5, 0.6) is 0 Å². The topological polar surface area (TPSA) is 58.9 Å². The van der Waals surface area contributed by atoms with Gasteiger partial charge < -0.3 is 10.7 Å². The highest BCUT2D eigenvalue weighted by molar-refractivity contribution is 6.45. The van der Waals surface area contributed by atoms with Crippen molar-refractivity contribution in [3.63, 3.8) is 0 Å². The van der Waals surface area contributed by atoms with Gasteiger partial charge in [0, 0.05) is 17.1 Å². The molecule has 0 aliphatic carbocycles. The van der Waals surface area contributed by atoms with E-state index in [1.807, 2.05) is 6.07 Å². The summed E-state index contributed by atoms with van der Waals surface area (Å²) in [5.41, 5.74) is 7.28. The second-order valence-electron chi connectivity index (χ2n) is 3.53. The summed E-state index contributed by atoms with van der Waals surface area (Å²) in [5.74, 6) is 0. The van der Waals surface area contributed by atoms with Gasteiger partial charge in [-0.3, -0.25) is 4.79 Å². The zero-order valence-corrected chi connectivity index (χ0v) is 9.77. The molecule has 1 aromatic heterocycles. The average Bonchev–Trinajstić information content (AvgIpc) is 2.67. The summed E-state index contributed by atoms with van der Waals surface area (Å²) >= 11 is 12.0. The molecule has 16 heavy (non-hydrogen) atoms. The Morgan fingerprint density at radius 1 is 1.44 bits per heavy atom. The second-order valence-corrected chi connectivity index (χ2v) is 4.31. The molecule has 5 heteroatoms. The maximum Gasteiger partial charge on any atom is 0.217 e. The molecule has 0 fully saturated rings. The van der Waals surface area contributed by atoms with E-state index >= 15 is 0 Å². The first kappa shape index (κ1) is 11.5. The van der Waals surface area contributed by atoms with Gasteiger partial charge in [-0.05, 0) is 24.1 Å². The van der Waals surface area contributed by atoms with E-state index < -0.39 is 6.04 Å². The third-order valence-electron chi connectivity index (χ3n) is 2.41. The fourth-order valence-electron chi connectivity index (χ4n) is 1.66. The zero-order valence-electron chi connectivity index (χ0n) is 8.26. The molecule has 1 aromatic carbocycles. The number of H-pyrrole nitrogens is 1. The van der Waals surface area contributed by atoms with Crippen molar-refractivity contribution in [3.05, 3.63) is 33.9 Å². The molecule has 1 heterocycles. The number of nitrogens with two attached hydrogens (primary N) is 1. The molecule has 0 spiro atoms. The summed E-state index contributed by atoms with van der Waals surface area (Å²) in [6.45, 7) is 0. The van der Waals surface area contributed by atoms with E-state index in [0.717, 1.165) is 16.5 Å². The van der Waals surface area contributed by atoms with Gasteiger partial charge in [0.25, 0.3) is 0 Å². The van der Waals surface area contributed by atoms with Crippen LogP contribution in [0.25, 0.3) is 10.9 Å². The van der Waals surface area contributed by atoms with Crippen LogP contribution in [0.15, 0.2) is 18.3 Å². The van der Waals surface area contributed by atoms with Crippen LogP contribution in [-0.4, -0.2) is 17.3 Å². The van der Waals surface area contributed by atoms with E-state index in [-0.39, 0.29) is 0 Å². The van der Waals surface area contributed by atoms with Gasteiger partial charge in [-0.1, -0.05) is 23.2 Å². The fourth-order valence-corrected chi connectivity index (χ4v) is 2.11. The maximum absolute atomic E-state index is 10.4. The number of hydrogen-bond acceptors (Lipinski definition) is 2. The molecule has 0 aliphatic heterocycles. The smallest absolute Gasteiger partial charge is 0.217 e. The highest BCUT2D eigenvalue weighted by Crippen LogP contribution is 2.33. The molecule has 2 aromatic rings. The van der Waals surface area contributed by atoms with Gasteiger partial charge in [0.2, 0.25) is 6.29 Å². The summed E-state index contributed by atoms with van der Waals surface area (Å²) in [6.07, 6.45) is 3.91. The van der Waals surface area contributed by atoms with Crippen LogP contribution in [0.4, 0.5) is 0 Å². The van der Waals surface area contributed by atoms with Crippen LogP contribution in [0.1, 0.15) is 5.56 Å². The van der Waals surface area contributed by atoms with E-state index in [2.05, 4.69) is 4.98 Å². The summed E-state index contributed by atoms with van der Waals surface area (Å²) in [5, 5.41) is 1.78. The van der Waals surface area contributed by atoms with Crippen LogP contribution in [0.3, 0.4) is 0 Å². The number of benzene rings is 1. The molecule has 3 nitrogen and oxygen atoms in total. The van der Waals surface area contributed by atoms with E-state index in [9.17, 15) is 4.79 Å². The number of rotatable bonds is 3. The molecule has 0 saturated carbocycles. The first-order valence-corrected chi connectivity index (χ1v) is 5.46. The SMILES string of the molecule is N[C@H]([C]=O)Cc1c[nH]c2ccc(Cl)c(Cl)c12. The number of aromatic amines is 1. The lowest BCUT2D eigenvalue weighted by Crippen LogP contribution is -2.23. The predicted octanol–water partition coefficient (Wildman–Crippen LogP) is 2.45. The predicted molar refractivity (Wildman–Crippen MR) is 65.7 cm³/mol. The summed E-state index contributed by atoms with van der Waals surface area (Å²) in [6, 6.07) is 2.91. The molecule has 0 amide bonds. The Kier molecular flexibility index (Phi) is 3.19. The Bertz CT molecular complexity index is 536. The standard InChI is InChI=1S/C11H9Cl2N2O/c12-8-1-2-9-10(11(8)13)6(4-15-9)3-7(14)5-16/h1-2,4,7,15H,3,14H2/t7-/m0/s1. The number of aromatic nitrogens is 1. The number of hydrogen-bond donors (Lipinski definition) is 2. The minimum absolute atomic E-state index is 0.392. The fraction of sp³-hybridized carbons (Fsp3) is 0.182. The van der Waals surface area contributed by atoms with E-state index in [1.54, 1.807) is 18.5 Å². The third-order valence-corrected chi connectivity index (χ3v) is 3.21. The Labute approximate surface area is 103 Å². The molecule has 1 atom stereocenters. The Hall–Kier alpha value is -1.03. The van der Waals surface area contributed by atoms with Gasteiger partial charge >= 0.3 is 0 Å². The Morgan fingerprint density at radius 2 is 2.19 bits per heavy atom. The third kappa shape index (κ3) is 1.94. The van der Waals surface area contributed by atoms with Gasteiger partial charge in [0.1, 0.15) is 0 Å².